The molecule has 1 aromatic heterocycles. The van der Waals surface area contributed by atoms with Crippen molar-refractivity contribution in [1.82, 2.24) is 14.8 Å². The number of rotatable bonds is 4. The van der Waals surface area contributed by atoms with Gasteiger partial charge in [-0.1, -0.05) is 19.1 Å². The second-order valence-electron chi connectivity index (χ2n) is 7.64. The highest BCUT2D eigenvalue weighted by Crippen LogP contribution is 2.32. The van der Waals surface area contributed by atoms with Crippen molar-refractivity contribution in [2.75, 3.05) is 26.2 Å². The van der Waals surface area contributed by atoms with Crippen LogP contribution in [0.5, 0.6) is 0 Å². The van der Waals surface area contributed by atoms with Crippen molar-refractivity contribution in [3.05, 3.63) is 45.7 Å². The van der Waals surface area contributed by atoms with Gasteiger partial charge in [-0.2, -0.15) is 0 Å². The molecule has 138 valence electrons. The molecule has 1 saturated heterocycles. The second-order valence-corrected chi connectivity index (χ2v) is 7.64. The third-order valence-electron chi connectivity index (χ3n) is 5.91. The number of hydrogen-bond donors (Lipinski definition) is 1. The molecule has 5 nitrogen and oxygen atoms in total. The van der Waals surface area contributed by atoms with Crippen LogP contribution in [-0.2, 0) is 11.2 Å². The van der Waals surface area contributed by atoms with Gasteiger partial charge in [-0.15, -0.1) is 0 Å². The standard InChI is InChI=1S/C21H27N3O2/c1-3-15-12-18-7-6-17(13-19(18)22-20(15)25)14(2)23-8-10-24(11-9-23)21(26)16-4-5-16/h6-7,12-14,16H,3-5,8-11H2,1-2H3,(H,22,25). The van der Waals surface area contributed by atoms with E-state index in [0.29, 0.717) is 11.8 Å². The number of nitrogens with zero attached hydrogens (tertiary/aromatic N) is 2. The summed E-state index contributed by atoms with van der Waals surface area (Å²) in [5.41, 5.74) is 2.95. The molecule has 0 radical (unpaired) electrons. The topological polar surface area (TPSA) is 56.4 Å². The van der Waals surface area contributed by atoms with Crippen molar-refractivity contribution in [3.63, 3.8) is 0 Å². The number of hydrogen-bond acceptors (Lipinski definition) is 3. The van der Waals surface area contributed by atoms with Crippen LogP contribution in [0.2, 0.25) is 0 Å². The lowest BCUT2D eigenvalue weighted by Gasteiger charge is -2.38. The van der Waals surface area contributed by atoms with Crippen molar-refractivity contribution in [2.24, 2.45) is 5.92 Å². The molecule has 2 aliphatic rings. The zero-order valence-corrected chi connectivity index (χ0v) is 15.6. The molecule has 2 aromatic rings. The second kappa shape index (κ2) is 6.88. The molecule has 1 aliphatic carbocycles. The van der Waals surface area contributed by atoms with Gasteiger partial charge in [0.05, 0.1) is 0 Å². The molecule has 5 heteroatoms. The highest BCUT2D eigenvalue weighted by molar-refractivity contribution is 5.81. The molecule has 26 heavy (non-hydrogen) atoms. The predicted molar refractivity (Wildman–Crippen MR) is 103 cm³/mol. The number of nitrogens with one attached hydrogen (secondary N) is 1. The first kappa shape index (κ1) is 17.3. The molecular weight excluding hydrogens is 326 g/mol. The molecule has 1 unspecified atom stereocenters. The summed E-state index contributed by atoms with van der Waals surface area (Å²) < 4.78 is 0. The quantitative estimate of drug-likeness (QED) is 0.919. The first-order valence-corrected chi connectivity index (χ1v) is 9.75. The fraction of sp³-hybridized carbons (Fsp3) is 0.524. The zero-order chi connectivity index (χ0) is 18.3. The summed E-state index contributed by atoms with van der Waals surface area (Å²) in [6, 6.07) is 8.62. The number of fused-ring (bicyclic) bond motifs is 1. The molecule has 1 atom stereocenters. The third kappa shape index (κ3) is 3.28. The smallest absolute Gasteiger partial charge is 0.251 e. The van der Waals surface area contributed by atoms with Crippen LogP contribution in [-0.4, -0.2) is 46.9 Å². The van der Waals surface area contributed by atoms with Gasteiger partial charge >= 0.3 is 0 Å². The van der Waals surface area contributed by atoms with E-state index in [9.17, 15) is 9.59 Å². The van der Waals surface area contributed by atoms with E-state index < -0.39 is 0 Å². The van der Waals surface area contributed by atoms with E-state index >= 15 is 0 Å². The number of pyridine rings is 1. The van der Waals surface area contributed by atoms with Gasteiger partial charge in [0.25, 0.3) is 5.56 Å². The van der Waals surface area contributed by atoms with Gasteiger partial charge in [-0.05, 0) is 49.3 Å². The largest absolute Gasteiger partial charge is 0.340 e. The van der Waals surface area contributed by atoms with Crippen LogP contribution in [0.25, 0.3) is 10.9 Å². The molecule has 0 bridgehead atoms. The summed E-state index contributed by atoms with van der Waals surface area (Å²) >= 11 is 0. The minimum atomic E-state index is 0.0111. The SMILES string of the molecule is CCc1cc2ccc(C(C)N3CCN(C(=O)C4CC4)CC3)cc2[nH]c1=O. The van der Waals surface area contributed by atoms with Crippen molar-refractivity contribution in [1.29, 1.82) is 0 Å². The molecule has 1 saturated carbocycles. The Morgan fingerprint density at radius 3 is 2.58 bits per heavy atom. The minimum absolute atomic E-state index is 0.0111. The number of carbonyl (C=O) groups is 1. The summed E-state index contributed by atoms with van der Waals surface area (Å²) in [5.74, 6) is 0.664. The average molecular weight is 353 g/mol. The number of piperazine rings is 1. The normalized spacial score (nSPS) is 19.7. The van der Waals surface area contributed by atoms with Gasteiger partial charge in [0.2, 0.25) is 5.91 Å². The van der Waals surface area contributed by atoms with E-state index in [4.69, 9.17) is 0 Å². The summed E-state index contributed by atoms with van der Waals surface area (Å²) in [4.78, 5) is 31.8. The van der Waals surface area contributed by atoms with E-state index in [1.807, 2.05) is 17.9 Å². The Kier molecular flexibility index (Phi) is 4.57. The van der Waals surface area contributed by atoms with Gasteiger partial charge in [0.1, 0.15) is 0 Å². The average Bonchev–Trinajstić information content (AvgIpc) is 3.51. The van der Waals surface area contributed by atoms with Crippen LogP contribution in [0.1, 0.15) is 43.9 Å². The highest BCUT2D eigenvalue weighted by atomic mass is 16.2. The Balaban J connectivity index is 1.48. The van der Waals surface area contributed by atoms with E-state index in [-0.39, 0.29) is 11.6 Å². The fourth-order valence-corrected chi connectivity index (χ4v) is 3.92. The predicted octanol–water partition coefficient (Wildman–Crippen LogP) is 2.71. The number of aryl methyl sites for hydroxylation is 1. The third-order valence-corrected chi connectivity index (χ3v) is 5.91. The van der Waals surface area contributed by atoms with Gasteiger partial charge in [-0.3, -0.25) is 14.5 Å². The lowest BCUT2D eigenvalue weighted by atomic mass is 10.0. The van der Waals surface area contributed by atoms with Crippen LogP contribution >= 0.6 is 0 Å². The molecule has 1 amide bonds. The van der Waals surface area contributed by atoms with Crippen LogP contribution in [0.15, 0.2) is 29.1 Å². The minimum Gasteiger partial charge on any atom is -0.340 e. The van der Waals surface area contributed by atoms with Crippen molar-refractivity contribution in [2.45, 2.75) is 39.2 Å². The van der Waals surface area contributed by atoms with Crippen LogP contribution in [0.4, 0.5) is 0 Å². The van der Waals surface area contributed by atoms with Gasteiger partial charge in [0, 0.05) is 49.2 Å². The lowest BCUT2D eigenvalue weighted by Crippen LogP contribution is -2.49. The summed E-state index contributed by atoms with van der Waals surface area (Å²) in [6.45, 7) is 7.67. The summed E-state index contributed by atoms with van der Waals surface area (Å²) in [5, 5.41) is 1.08. The van der Waals surface area contributed by atoms with Crippen LogP contribution in [0, 0.1) is 5.92 Å². The number of amides is 1. The number of H-pyrrole nitrogens is 1. The molecule has 2 heterocycles. The zero-order valence-electron chi connectivity index (χ0n) is 15.6. The van der Waals surface area contributed by atoms with Gasteiger partial charge < -0.3 is 9.88 Å². The van der Waals surface area contributed by atoms with Gasteiger partial charge in [0.15, 0.2) is 0 Å². The Labute approximate surface area is 154 Å². The molecule has 0 spiro atoms. The van der Waals surface area contributed by atoms with Crippen LogP contribution in [0.3, 0.4) is 0 Å². The van der Waals surface area contributed by atoms with E-state index in [1.54, 1.807) is 0 Å². The summed E-state index contributed by atoms with van der Waals surface area (Å²) in [6.07, 6.45) is 2.89. The van der Waals surface area contributed by atoms with Crippen molar-refractivity contribution in [3.8, 4) is 0 Å². The molecule has 2 fully saturated rings. The van der Waals surface area contributed by atoms with E-state index in [0.717, 1.165) is 61.9 Å². The van der Waals surface area contributed by atoms with Crippen LogP contribution < -0.4 is 5.56 Å². The van der Waals surface area contributed by atoms with Gasteiger partial charge in [-0.25, -0.2) is 0 Å². The Bertz CT molecular complexity index is 876. The Morgan fingerprint density at radius 2 is 1.92 bits per heavy atom. The molecule has 1 N–H and O–H groups in total. The number of carbonyl (C=O) groups excluding carboxylic acids is 1. The number of benzene rings is 1. The summed E-state index contributed by atoms with van der Waals surface area (Å²) in [7, 11) is 0. The number of aromatic nitrogens is 1. The van der Waals surface area contributed by atoms with Crippen molar-refractivity contribution < 1.29 is 4.79 Å². The maximum atomic E-state index is 12.2. The monoisotopic (exact) mass is 353 g/mol. The highest BCUT2D eigenvalue weighted by Gasteiger charge is 2.35. The molecule has 4 rings (SSSR count). The van der Waals surface area contributed by atoms with E-state index in [1.165, 1.54) is 5.56 Å². The fourth-order valence-electron chi connectivity index (χ4n) is 3.92. The molecule has 1 aliphatic heterocycles. The first-order valence-electron chi connectivity index (χ1n) is 9.75. The lowest BCUT2D eigenvalue weighted by molar-refractivity contribution is -0.134. The Hall–Kier alpha value is -2.14. The maximum absolute atomic E-state index is 12.2. The Morgan fingerprint density at radius 1 is 1.19 bits per heavy atom. The maximum Gasteiger partial charge on any atom is 0.251 e. The number of aromatic amines is 1. The molecule has 1 aromatic carbocycles. The molecular formula is C21H27N3O2. The first-order chi connectivity index (χ1) is 12.6. The van der Waals surface area contributed by atoms with Crippen molar-refractivity contribution >= 4 is 16.8 Å². The van der Waals surface area contributed by atoms with E-state index in [2.05, 4.69) is 35.0 Å².